The van der Waals surface area contributed by atoms with Crippen molar-refractivity contribution in [1.82, 2.24) is 10.2 Å². The molecule has 2 atom stereocenters. The van der Waals surface area contributed by atoms with Gasteiger partial charge in [-0.05, 0) is 41.8 Å². The molecule has 2 amide bonds. The largest absolute Gasteiger partial charge is 0.491 e. The van der Waals surface area contributed by atoms with E-state index in [1.54, 1.807) is 41.3 Å². The number of carbonyl (C=O) groups excluding carboxylic acids is 3. The van der Waals surface area contributed by atoms with Gasteiger partial charge in [0.05, 0.1) is 25.5 Å². The standard InChI is InChI=1S/C30H32N4O5/c1-38-27(35)18-24-17-25(34(30(24)37)16-15-33-29(36)23-5-3-2-4-6-23)19-39-26-13-11-21(12-14-26)20-7-9-22(10-8-20)28(31)32/h2-14,24-25H,15-19H2,1H3,(H3,31,32)(H,33,36)/t24-,25-/m0/s1. The molecule has 1 aliphatic heterocycles. The van der Waals surface area contributed by atoms with Gasteiger partial charge in [-0.15, -0.1) is 0 Å². The fourth-order valence-electron chi connectivity index (χ4n) is 4.64. The van der Waals surface area contributed by atoms with Crippen LogP contribution in [0.25, 0.3) is 11.1 Å². The molecule has 1 aliphatic rings. The van der Waals surface area contributed by atoms with Gasteiger partial charge in [-0.2, -0.15) is 0 Å². The maximum atomic E-state index is 13.1. The molecule has 0 unspecified atom stereocenters. The van der Waals surface area contributed by atoms with Gasteiger partial charge >= 0.3 is 5.97 Å². The van der Waals surface area contributed by atoms with Crippen molar-refractivity contribution in [2.75, 3.05) is 26.8 Å². The molecule has 9 nitrogen and oxygen atoms in total. The molecule has 9 heteroatoms. The minimum absolute atomic E-state index is 0.00975. The lowest BCUT2D eigenvalue weighted by atomic mass is 10.0. The van der Waals surface area contributed by atoms with E-state index in [2.05, 4.69) is 5.32 Å². The molecule has 0 saturated carbocycles. The number of rotatable bonds is 11. The molecule has 0 radical (unpaired) electrons. The van der Waals surface area contributed by atoms with Gasteiger partial charge in [-0.1, -0.05) is 54.6 Å². The summed E-state index contributed by atoms with van der Waals surface area (Å²) in [4.78, 5) is 39.1. The van der Waals surface area contributed by atoms with Gasteiger partial charge in [-0.3, -0.25) is 19.8 Å². The monoisotopic (exact) mass is 528 g/mol. The normalized spacial score (nSPS) is 16.5. The number of carbonyl (C=O) groups is 3. The summed E-state index contributed by atoms with van der Waals surface area (Å²) < 4.78 is 10.8. The number of nitrogens with two attached hydrogens (primary N) is 1. The molecule has 0 aliphatic carbocycles. The zero-order chi connectivity index (χ0) is 27.8. The van der Waals surface area contributed by atoms with E-state index in [4.69, 9.17) is 20.6 Å². The van der Waals surface area contributed by atoms with E-state index in [1.807, 2.05) is 42.5 Å². The molecule has 1 saturated heterocycles. The molecule has 4 rings (SSSR count). The highest BCUT2D eigenvalue weighted by molar-refractivity contribution is 5.95. The van der Waals surface area contributed by atoms with Gasteiger partial charge in [0.15, 0.2) is 0 Å². The van der Waals surface area contributed by atoms with Crippen LogP contribution in [-0.4, -0.2) is 61.4 Å². The number of esters is 1. The van der Waals surface area contributed by atoms with Crippen LogP contribution >= 0.6 is 0 Å². The van der Waals surface area contributed by atoms with Gasteiger partial charge in [0.1, 0.15) is 18.2 Å². The number of amidine groups is 1. The van der Waals surface area contributed by atoms with Crippen molar-refractivity contribution in [2.45, 2.75) is 18.9 Å². The summed E-state index contributed by atoms with van der Waals surface area (Å²) in [7, 11) is 1.31. The summed E-state index contributed by atoms with van der Waals surface area (Å²) in [6.45, 7) is 0.832. The Hall–Kier alpha value is -4.66. The second-order valence-corrected chi connectivity index (χ2v) is 9.35. The van der Waals surface area contributed by atoms with Crippen molar-refractivity contribution in [1.29, 1.82) is 5.41 Å². The van der Waals surface area contributed by atoms with Crippen LogP contribution in [0.3, 0.4) is 0 Å². The number of benzene rings is 3. The molecule has 3 aromatic rings. The van der Waals surface area contributed by atoms with Crippen molar-refractivity contribution >= 4 is 23.6 Å². The van der Waals surface area contributed by atoms with E-state index in [1.165, 1.54) is 7.11 Å². The molecule has 1 heterocycles. The number of amides is 2. The fraction of sp³-hybridized carbons (Fsp3) is 0.267. The van der Waals surface area contributed by atoms with Crippen LogP contribution in [0.15, 0.2) is 78.9 Å². The maximum Gasteiger partial charge on any atom is 0.306 e. The molecule has 0 aromatic heterocycles. The smallest absolute Gasteiger partial charge is 0.306 e. The lowest BCUT2D eigenvalue weighted by Crippen LogP contribution is -2.42. The summed E-state index contributed by atoms with van der Waals surface area (Å²) >= 11 is 0. The molecule has 3 aromatic carbocycles. The molecule has 1 fully saturated rings. The summed E-state index contributed by atoms with van der Waals surface area (Å²) in [5.74, 6) is -0.600. The molecule has 0 bridgehead atoms. The number of nitrogens with one attached hydrogen (secondary N) is 2. The lowest BCUT2D eigenvalue weighted by molar-refractivity contribution is -0.144. The Morgan fingerprint density at radius 1 is 0.974 bits per heavy atom. The highest BCUT2D eigenvalue weighted by Gasteiger charge is 2.40. The number of nitrogen functional groups attached to an aromatic ring is 1. The zero-order valence-electron chi connectivity index (χ0n) is 21.8. The summed E-state index contributed by atoms with van der Waals surface area (Å²) in [5, 5.41) is 10.4. The first-order valence-electron chi connectivity index (χ1n) is 12.7. The van der Waals surface area contributed by atoms with Crippen molar-refractivity contribution < 1.29 is 23.9 Å². The Bertz CT molecular complexity index is 1310. The molecular weight excluding hydrogens is 496 g/mol. The van der Waals surface area contributed by atoms with Crippen LogP contribution in [0.2, 0.25) is 0 Å². The van der Waals surface area contributed by atoms with Crippen molar-refractivity contribution in [3.63, 3.8) is 0 Å². The third kappa shape index (κ3) is 7.01. The Morgan fingerprint density at radius 3 is 2.23 bits per heavy atom. The molecular formula is C30H32N4O5. The predicted octanol–water partition coefficient (Wildman–Crippen LogP) is 3.23. The summed E-state index contributed by atoms with van der Waals surface area (Å²) in [5.41, 5.74) is 8.72. The van der Waals surface area contributed by atoms with E-state index >= 15 is 0 Å². The van der Waals surface area contributed by atoms with Crippen LogP contribution in [0.4, 0.5) is 0 Å². The Morgan fingerprint density at radius 2 is 1.62 bits per heavy atom. The minimum atomic E-state index is -0.490. The average Bonchev–Trinajstić information content (AvgIpc) is 3.26. The second kappa shape index (κ2) is 12.7. The van der Waals surface area contributed by atoms with Crippen LogP contribution in [-0.2, 0) is 14.3 Å². The maximum absolute atomic E-state index is 13.1. The number of ether oxygens (including phenoxy) is 2. The van der Waals surface area contributed by atoms with Crippen molar-refractivity contribution in [3.8, 4) is 16.9 Å². The van der Waals surface area contributed by atoms with Gasteiger partial charge in [0.25, 0.3) is 5.91 Å². The van der Waals surface area contributed by atoms with Crippen LogP contribution in [0, 0.1) is 11.3 Å². The van der Waals surface area contributed by atoms with Crippen LogP contribution < -0.4 is 15.8 Å². The van der Waals surface area contributed by atoms with Gasteiger partial charge in [0.2, 0.25) is 5.91 Å². The van der Waals surface area contributed by atoms with Crippen LogP contribution in [0.5, 0.6) is 5.75 Å². The number of methoxy groups -OCH3 is 1. The van der Waals surface area contributed by atoms with E-state index in [0.29, 0.717) is 29.8 Å². The first-order chi connectivity index (χ1) is 18.9. The number of likely N-dealkylation sites (tertiary alicyclic amines) is 1. The topological polar surface area (TPSA) is 135 Å². The van der Waals surface area contributed by atoms with E-state index in [0.717, 1.165) is 11.1 Å². The van der Waals surface area contributed by atoms with Gasteiger partial charge in [-0.25, -0.2) is 0 Å². The summed E-state index contributed by atoms with van der Waals surface area (Å²) in [6, 6.07) is 23.7. The molecule has 202 valence electrons. The predicted molar refractivity (Wildman–Crippen MR) is 147 cm³/mol. The van der Waals surface area contributed by atoms with E-state index in [9.17, 15) is 14.4 Å². The Labute approximate surface area is 227 Å². The van der Waals surface area contributed by atoms with E-state index < -0.39 is 11.9 Å². The Kier molecular flexibility index (Phi) is 8.94. The highest BCUT2D eigenvalue weighted by atomic mass is 16.5. The molecule has 39 heavy (non-hydrogen) atoms. The van der Waals surface area contributed by atoms with Crippen LogP contribution in [0.1, 0.15) is 28.8 Å². The second-order valence-electron chi connectivity index (χ2n) is 9.35. The van der Waals surface area contributed by atoms with Gasteiger partial charge in [0, 0.05) is 24.2 Å². The minimum Gasteiger partial charge on any atom is -0.491 e. The van der Waals surface area contributed by atoms with Gasteiger partial charge < -0.3 is 25.4 Å². The average molecular weight is 529 g/mol. The number of hydrogen-bond acceptors (Lipinski definition) is 6. The third-order valence-electron chi connectivity index (χ3n) is 6.77. The fourth-order valence-corrected chi connectivity index (χ4v) is 4.64. The lowest BCUT2D eigenvalue weighted by Gasteiger charge is -2.25. The van der Waals surface area contributed by atoms with Crippen molar-refractivity contribution in [3.05, 3.63) is 90.0 Å². The zero-order valence-corrected chi connectivity index (χ0v) is 21.8. The SMILES string of the molecule is COC(=O)C[C@@H]1C[C@@H](COc2ccc(-c3ccc(C(=N)N)cc3)cc2)N(CCNC(=O)c2ccccc2)C1=O. The van der Waals surface area contributed by atoms with Crippen molar-refractivity contribution in [2.24, 2.45) is 11.7 Å². The first kappa shape index (κ1) is 27.4. The first-order valence-corrected chi connectivity index (χ1v) is 12.7. The van der Waals surface area contributed by atoms with E-state index in [-0.39, 0.29) is 43.3 Å². The quantitative estimate of drug-likeness (QED) is 0.199. The summed E-state index contributed by atoms with van der Waals surface area (Å²) in [6.07, 6.45) is 0.469. The number of hydrogen-bond donors (Lipinski definition) is 3. The molecule has 0 spiro atoms. The highest BCUT2D eigenvalue weighted by Crippen LogP contribution is 2.29. The Balaban J connectivity index is 1.37. The third-order valence-corrected chi connectivity index (χ3v) is 6.77. The number of nitrogens with zero attached hydrogens (tertiary/aromatic N) is 1. The molecule has 4 N–H and O–H groups in total.